The molecule has 108 valence electrons. The first-order chi connectivity index (χ1) is 8.36. The SMILES string of the molecule is CC(C)CC(CN(C)C)NC1CC(C)CC(C)C1. The maximum Gasteiger partial charge on any atom is 0.0199 e. The van der Waals surface area contributed by atoms with Crippen LogP contribution >= 0.6 is 0 Å². The molecule has 1 saturated carbocycles. The van der Waals surface area contributed by atoms with Gasteiger partial charge in [-0.15, -0.1) is 0 Å². The van der Waals surface area contributed by atoms with Crippen LogP contribution in [0.25, 0.3) is 0 Å². The van der Waals surface area contributed by atoms with Crippen LogP contribution in [0, 0.1) is 17.8 Å². The van der Waals surface area contributed by atoms with E-state index >= 15 is 0 Å². The second-order valence-electron chi connectivity index (χ2n) is 7.37. The molecule has 0 aromatic rings. The van der Waals surface area contributed by atoms with Crippen LogP contribution in [0.3, 0.4) is 0 Å². The van der Waals surface area contributed by atoms with E-state index in [0.29, 0.717) is 6.04 Å². The molecule has 3 unspecified atom stereocenters. The summed E-state index contributed by atoms with van der Waals surface area (Å²) in [7, 11) is 4.36. The summed E-state index contributed by atoms with van der Waals surface area (Å²) in [6.45, 7) is 10.6. The molecule has 0 spiro atoms. The molecule has 0 bridgehead atoms. The molecule has 1 aliphatic rings. The topological polar surface area (TPSA) is 15.3 Å². The molecule has 0 aromatic heterocycles. The van der Waals surface area contributed by atoms with Gasteiger partial charge < -0.3 is 10.2 Å². The summed E-state index contributed by atoms with van der Waals surface area (Å²) in [5, 5.41) is 3.94. The van der Waals surface area contributed by atoms with Crippen LogP contribution in [0.2, 0.25) is 0 Å². The van der Waals surface area contributed by atoms with E-state index in [4.69, 9.17) is 0 Å². The summed E-state index contributed by atoms with van der Waals surface area (Å²) < 4.78 is 0. The Kier molecular flexibility index (Phi) is 6.65. The molecule has 3 atom stereocenters. The highest BCUT2D eigenvalue weighted by Gasteiger charge is 2.26. The zero-order valence-electron chi connectivity index (χ0n) is 13.4. The first kappa shape index (κ1) is 16.0. The van der Waals surface area contributed by atoms with Gasteiger partial charge in [-0.05, 0) is 57.5 Å². The quantitative estimate of drug-likeness (QED) is 0.782. The Labute approximate surface area is 115 Å². The van der Waals surface area contributed by atoms with E-state index in [1.165, 1.54) is 25.7 Å². The van der Waals surface area contributed by atoms with Gasteiger partial charge >= 0.3 is 0 Å². The Hall–Kier alpha value is -0.0800. The van der Waals surface area contributed by atoms with Crippen molar-refractivity contribution in [1.82, 2.24) is 10.2 Å². The molecular formula is C16H34N2. The van der Waals surface area contributed by atoms with E-state index in [1.54, 1.807) is 0 Å². The maximum atomic E-state index is 3.94. The minimum Gasteiger partial charge on any atom is -0.310 e. The van der Waals surface area contributed by atoms with Crippen LogP contribution in [0.5, 0.6) is 0 Å². The lowest BCUT2D eigenvalue weighted by Crippen LogP contribution is -2.47. The molecule has 1 fully saturated rings. The Bertz CT molecular complexity index is 205. The van der Waals surface area contributed by atoms with Crippen LogP contribution in [0.1, 0.15) is 53.4 Å². The van der Waals surface area contributed by atoms with Crippen molar-refractivity contribution in [3.63, 3.8) is 0 Å². The molecular weight excluding hydrogens is 220 g/mol. The van der Waals surface area contributed by atoms with E-state index in [9.17, 15) is 0 Å². The van der Waals surface area contributed by atoms with Crippen molar-refractivity contribution in [2.75, 3.05) is 20.6 Å². The van der Waals surface area contributed by atoms with Crippen LogP contribution in [0.15, 0.2) is 0 Å². The molecule has 0 aliphatic heterocycles. The Balaban J connectivity index is 2.47. The normalized spacial score (nSPS) is 31.0. The van der Waals surface area contributed by atoms with Crippen molar-refractivity contribution in [3.8, 4) is 0 Å². The Morgan fingerprint density at radius 3 is 2.06 bits per heavy atom. The van der Waals surface area contributed by atoms with Gasteiger partial charge in [0.05, 0.1) is 0 Å². The Morgan fingerprint density at radius 1 is 1.06 bits per heavy atom. The third-order valence-corrected chi connectivity index (χ3v) is 3.99. The predicted octanol–water partition coefficient (Wildman–Crippen LogP) is 3.38. The fourth-order valence-corrected chi connectivity index (χ4v) is 3.62. The number of likely N-dealkylation sites (N-methyl/N-ethyl adjacent to an activating group) is 1. The van der Waals surface area contributed by atoms with Gasteiger partial charge in [-0.1, -0.05) is 27.7 Å². The van der Waals surface area contributed by atoms with Gasteiger partial charge in [0.15, 0.2) is 0 Å². The van der Waals surface area contributed by atoms with E-state index in [1.807, 2.05) is 0 Å². The minimum atomic E-state index is 0.655. The number of nitrogens with zero attached hydrogens (tertiary/aromatic N) is 1. The fourth-order valence-electron chi connectivity index (χ4n) is 3.62. The standard InChI is InChI=1S/C16H34N2/c1-12(2)7-16(11-18(5)6)17-15-9-13(3)8-14(4)10-15/h12-17H,7-11H2,1-6H3. The summed E-state index contributed by atoms with van der Waals surface area (Å²) in [5.74, 6) is 2.57. The maximum absolute atomic E-state index is 3.94. The molecule has 0 radical (unpaired) electrons. The van der Waals surface area contributed by atoms with Crippen LogP contribution in [-0.2, 0) is 0 Å². The number of nitrogens with one attached hydrogen (secondary N) is 1. The lowest BCUT2D eigenvalue weighted by atomic mass is 9.80. The predicted molar refractivity (Wildman–Crippen MR) is 80.9 cm³/mol. The van der Waals surface area contributed by atoms with Crippen LogP contribution in [-0.4, -0.2) is 37.6 Å². The highest BCUT2D eigenvalue weighted by atomic mass is 15.1. The monoisotopic (exact) mass is 254 g/mol. The smallest absolute Gasteiger partial charge is 0.0199 e. The first-order valence-electron chi connectivity index (χ1n) is 7.77. The minimum absolute atomic E-state index is 0.655. The van der Waals surface area contributed by atoms with Crippen molar-refractivity contribution < 1.29 is 0 Å². The molecule has 1 rings (SSSR count). The van der Waals surface area contributed by atoms with E-state index in [-0.39, 0.29) is 0 Å². The lowest BCUT2D eigenvalue weighted by Gasteiger charge is -2.36. The van der Waals surface area contributed by atoms with E-state index in [0.717, 1.165) is 30.3 Å². The average Bonchev–Trinajstić information content (AvgIpc) is 2.12. The molecule has 1 aliphatic carbocycles. The number of hydrogen-bond donors (Lipinski definition) is 1. The zero-order valence-corrected chi connectivity index (χ0v) is 13.4. The molecule has 0 heterocycles. The molecule has 2 nitrogen and oxygen atoms in total. The highest BCUT2D eigenvalue weighted by molar-refractivity contribution is 4.83. The third kappa shape index (κ3) is 6.19. The van der Waals surface area contributed by atoms with Crippen LogP contribution < -0.4 is 5.32 Å². The Morgan fingerprint density at radius 2 is 1.61 bits per heavy atom. The second-order valence-corrected chi connectivity index (χ2v) is 7.37. The summed E-state index contributed by atoms with van der Waals surface area (Å²) >= 11 is 0. The van der Waals surface area contributed by atoms with Crippen molar-refractivity contribution in [2.45, 2.75) is 65.5 Å². The summed E-state index contributed by atoms with van der Waals surface area (Å²) in [5.41, 5.74) is 0. The average molecular weight is 254 g/mol. The third-order valence-electron chi connectivity index (χ3n) is 3.99. The molecule has 0 aromatic carbocycles. The number of hydrogen-bond acceptors (Lipinski definition) is 2. The molecule has 1 N–H and O–H groups in total. The van der Waals surface area contributed by atoms with Gasteiger partial charge in [-0.2, -0.15) is 0 Å². The molecule has 0 amide bonds. The first-order valence-corrected chi connectivity index (χ1v) is 7.77. The summed E-state index contributed by atoms with van der Waals surface area (Å²) in [6.07, 6.45) is 5.44. The van der Waals surface area contributed by atoms with Crippen molar-refractivity contribution in [3.05, 3.63) is 0 Å². The second kappa shape index (κ2) is 7.49. The van der Waals surface area contributed by atoms with Gasteiger partial charge in [0.2, 0.25) is 0 Å². The van der Waals surface area contributed by atoms with Gasteiger partial charge in [0, 0.05) is 18.6 Å². The van der Waals surface area contributed by atoms with Gasteiger partial charge in [0.25, 0.3) is 0 Å². The summed E-state index contributed by atoms with van der Waals surface area (Å²) in [4.78, 5) is 2.32. The number of rotatable bonds is 6. The van der Waals surface area contributed by atoms with Crippen molar-refractivity contribution >= 4 is 0 Å². The van der Waals surface area contributed by atoms with E-state index < -0.39 is 0 Å². The van der Waals surface area contributed by atoms with Gasteiger partial charge in [0.1, 0.15) is 0 Å². The lowest BCUT2D eigenvalue weighted by molar-refractivity contribution is 0.203. The molecule has 18 heavy (non-hydrogen) atoms. The van der Waals surface area contributed by atoms with Crippen molar-refractivity contribution in [2.24, 2.45) is 17.8 Å². The van der Waals surface area contributed by atoms with Gasteiger partial charge in [-0.3, -0.25) is 0 Å². The van der Waals surface area contributed by atoms with Crippen LogP contribution in [0.4, 0.5) is 0 Å². The molecule has 0 saturated heterocycles. The highest BCUT2D eigenvalue weighted by Crippen LogP contribution is 2.29. The zero-order chi connectivity index (χ0) is 13.7. The van der Waals surface area contributed by atoms with Crippen molar-refractivity contribution in [1.29, 1.82) is 0 Å². The summed E-state index contributed by atoms with van der Waals surface area (Å²) in [6, 6.07) is 1.40. The van der Waals surface area contributed by atoms with Gasteiger partial charge in [-0.25, -0.2) is 0 Å². The fraction of sp³-hybridized carbons (Fsp3) is 1.00. The van der Waals surface area contributed by atoms with E-state index in [2.05, 4.69) is 52.0 Å². The largest absolute Gasteiger partial charge is 0.310 e. The molecule has 2 heteroatoms.